The summed E-state index contributed by atoms with van der Waals surface area (Å²) in [5.74, 6) is -2.52. The van der Waals surface area contributed by atoms with Crippen LogP contribution in [0.4, 0.5) is 0 Å². The largest absolute Gasteiger partial charge is 0.473 e. The van der Waals surface area contributed by atoms with Crippen molar-refractivity contribution in [3.63, 3.8) is 0 Å². The lowest BCUT2D eigenvalue weighted by Crippen LogP contribution is -2.42. The minimum Gasteiger partial charge on any atom is -0.473 e. The van der Waals surface area contributed by atoms with E-state index in [1.165, 1.54) is 5.56 Å². The lowest BCUT2D eigenvalue weighted by atomic mass is 10.0. The zero-order valence-corrected chi connectivity index (χ0v) is 18.1. The van der Waals surface area contributed by atoms with Crippen molar-refractivity contribution in [2.24, 2.45) is 0 Å². The molecule has 2 heterocycles. The highest BCUT2D eigenvalue weighted by Crippen LogP contribution is 2.32. The molecule has 1 amide bonds. The number of piperidine rings is 1. The molecule has 0 bridgehead atoms. The Morgan fingerprint density at radius 3 is 2.37 bits per heavy atom. The zero-order chi connectivity index (χ0) is 22.3. The molecule has 1 aliphatic heterocycles. The predicted octanol–water partition coefficient (Wildman–Crippen LogP) is 3.35. The number of aryl methyl sites for hydroxylation is 1. The van der Waals surface area contributed by atoms with Crippen LogP contribution in [-0.4, -0.2) is 61.0 Å². The Bertz CT molecular complexity index is 869. The second-order valence-electron chi connectivity index (χ2n) is 7.08. The highest BCUT2D eigenvalue weighted by molar-refractivity contribution is 7.99. The van der Waals surface area contributed by atoms with Crippen molar-refractivity contribution in [3.8, 4) is 11.3 Å². The van der Waals surface area contributed by atoms with Gasteiger partial charge in [-0.3, -0.25) is 4.79 Å². The zero-order valence-electron chi connectivity index (χ0n) is 17.3. The van der Waals surface area contributed by atoms with Gasteiger partial charge in [-0.25, -0.2) is 14.6 Å². The monoisotopic (exact) mass is 433 g/mol. The summed E-state index contributed by atoms with van der Waals surface area (Å²) in [6.45, 7) is 4.90. The maximum absolute atomic E-state index is 12.7. The topological polar surface area (TPSA) is 124 Å². The van der Waals surface area contributed by atoms with E-state index in [0.29, 0.717) is 0 Å². The van der Waals surface area contributed by atoms with Gasteiger partial charge in [-0.15, -0.1) is 0 Å². The van der Waals surface area contributed by atoms with Gasteiger partial charge in [-0.05, 0) is 44.9 Å². The Morgan fingerprint density at radius 1 is 1.17 bits per heavy atom. The molecule has 1 aliphatic rings. The van der Waals surface area contributed by atoms with E-state index >= 15 is 0 Å². The van der Waals surface area contributed by atoms with E-state index < -0.39 is 11.9 Å². The Balaban J connectivity index is 0.000000469. The maximum atomic E-state index is 12.7. The quantitative estimate of drug-likeness (QED) is 0.632. The van der Waals surface area contributed by atoms with E-state index in [9.17, 15) is 4.79 Å². The van der Waals surface area contributed by atoms with Crippen molar-refractivity contribution >= 4 is 29.6 Å². The molecule has 0 aliphatic carbocycles. The minimum absolute atomic E-state index is 0.00266. The molecule has 1 aromatic carbocycles. The molecule has 1 saturated heterocycles. The Morgan fingerprint density at radius 2 is 1.80 bits per heavy atom. The van der Waals surface area contributed by atoms with Crippen LogP contribution < -0.4 is 0 Å². The molecule has 0 saturated carbocycles. The number of nitrogens with zero attached hydrogens (tertiary/aromatic N) is 2. The summed E-state index contributed by atoms with van der Waals surface area (Å²) >= 11 is 1.61. The Hall–Kier alpha value is -2.81. The number of amides is 1. The van der Waals surface area contributed by atoms with Gasteiger partial charge in [0.05, 0.1) is 23.2 Å². The Labute approximate surface area is 179 Å². The smallest absolute Gasteiger partial charge is 0.414 e. The molecule has 8 nitrogen and oxygen atoms in total. The summed E-state index contributed by atoms with van der Waals surface area (Å²) < 4.78 is 0. The van der Waals surface area contributed by atoms with Crippen molar-refractivity contribution in [3.05, 3.63) is 41.9 Å². The first-order chi connectivity index (χ1) is 14.2. The van der Waals surface area contributed by atoms with Crippen molar-refractivity contribution < 1.29 is 24.6 Å². The number of aromatic amines is 1. The molecular formula is C21H27N3O5S. The maximum Gasteiger partial charge on any atom is 0.414 e. The molecule has 2 atom stereocenters. The average molecular weight is 434 g/mol. The van der Waals surface area contributed by atoms with E-state index in [2.05, 4.69) is 41.2 Å². The molecule has 3 rings (SSSR count). The number of H-pyrrole nitrogens is 1. The molecule has 1 aromatic heterocycles. The van der Waals surface area contributed by atoms with Gasteiger partial charge in [-0.2, -0.15) is 11.8 Å². The summed E-state index contributed by atoms with van der Waals surface area (Å²) in [4.78, 5) is 41.0. The summed E-state index contributed by atoms with van der Waals surface area (Å²) in [5, 5.41) is 14.8. The van der Waals surface area contributed by atoms with E-state index in [1.807, 2.05) is 24.3 Å². The third-order valence-electron chi connectivity index (χ3n) is 4.94. The number of imidazole rings is 1. The van der Waals surface area contributed by atoms with Gasteiger partial charge in [0.25, 0.3) is 0 Å². The SMILES string of the molecule is CSC(C)C(=O)N1CCCCC1c1ncc(-c2ccc(C)cc2)[nH]1.O=C(O)C(=O)O. The molecule has 2 aromatic rings. The third-order valence-corrected chi connectivity index (χ3v) is 5.85. The standard InChI is InChI=1S/C19H25N3OS.C2H2O4/c1-13-7-9-15(10-8-13)16-12-20-18(21-16)17-6-4-5-11-22(17)19(23)14(2)24-3;3-1(4)2(5)6/h7-10,12,14,17H,4-6,11H2,1-3H3,(H,20,21);(H,3,4)(H,5,6). The van der Waals surface area contributed by atoms with Gasteiger partial charge >= 0.3 is 11.9 Å². The molecule has 30 heavy (non-hydrogen) atoms. The first-order valence-corrected chi connectivity index (χ1v) is 10.9. The van der Waals surface area contributed by atoms with Crippen molar-refractivity contribution in [1.29, 1.82) is 0 Å². The van der Waals surface area contributed by atoms with E-state index in [-0.39, 0.29) is 17.2 Å². The first-order valence-electron chi connectivity index (χ1n) is 9.66. The van der Waals surface area contributed by atoms with Gasteiger partial charge in [0, 0.05) is 6.54 Å². The van der Waals surface area contributed by atoms with E-state index in [0.717, 1.165) is 42.9 Å². The van der Waals surface area contributed by atoms with Gasteiger partial charge in [-0.1, -0.05) is 29.8 Å². The lowest BCUT2D eigenvalue weighted by molar-refractivity contribution is -0.159. The second-order valence-corrected chi connectivity index (χ2v) is 8.26. The van der Waals surface area contributed by atoms with E-state index in [1.54, 1.807) is 11.8 Å². The summed E-state index contributed by atoms with van der Waals surface area (Å²) in [6.07, 6.45) is 7.07. The second kappa shape index (κ2) is 10.8. The third kappa shape index (κ3) is 6.09. The number of carbonyl (C=O) groups excluding carboxylic acids is 1. The number of carboxylic acids is 2. The number of aromatic nitrogens is 2. The number of thioether (sulfide) groups is 1. The van der Waals surface area contributed by atoms with Crippen molar-refractivity contribution in [1.82, 2.24) is 14.9 Å². The number of carbonyl (C=O) groups is 3. The fraction of sp³-hybridized carbons (Fsp3) is 0.429. The number of hydrogen-bond acceptors (Lipinski definition) is 5. The average Bonchev–Trinajstić information content (AvgIpc) is 3.23. The number of rotatable bonds is 4. The highest BCUT2D eigenvalue weighted by Gasteiger charge is 2.32. The summed E-state index contributed by atoms with van der Waals surface area (Å²) in [6, 6.07) is 8.48. The predicted molar refractivity (Wildman–Crippen MR) is 115 cm³/mol. The molecule has 0 spiro atoms. The van der Waals surface area contributed by atoms with Crippen molar-refractivity contribution in [2.75, 3.05) is 12.8 Å². The number of hydrogen-bond donors (Lipinski definition) is 3. The van der Waals surface area contributed by atoms with Gasteiger partial charge in [0.2, 0.25) is 5.91 Å². The van der Waals surface area contributed by atoms with E-state index in [4.69, 9.17) is 19.8 Å². The molecule has 162 valence electrons. The van der Waals surface area contributed by atoms with Crippen LogP contribution in [0.1, 0.15) is 43.6 Å². The molecule has 1 fully saturated rings. The number of benzene rings is 1. The van der Waals surface area contributed by atoms with Crippen LogP contribution >= 0.6 is 11.8 Å². The van der Waals surface area contributed by atoms with Crippen LogP contribution in [0.25, 0.3) is 11.3 Å². The fourth-order valence-corrected chi connectivity index (χ4v) is 3.54. The Kier molecular flexibility index (Phi) is 8.46. The minimum atomic E-state index is -1.82. The molecule has 0 radical (unpaired) electrons. The number of likely N-dealkylation sites (tertiary alicyclic amines) is 1. The summed E-state index contributed by atoms with van der Waals surface area (Å²) in [7, 11) is 0. The molecule has 3 N–H and O–H groups in total. The van der Waals surface area contributed by atoms with Gasteiger partial charge in [0.15, 0.2) is 0 Å². The van der Waals surface area contributed by atoms with Crippen molar-refractivity contribution in [2.45, 2.75) is 44.4 Å². The van der Waals surface area contributed by atoms with Crippen LogP contribution in [-0.2, 0) is 14.4 Å². The number of nitrogens with one attached hydrogen (secondary N) is 1. The van der Waals surface area contributed by atoms with Crippen LogP contribution in [0.15, 0.2) is 30.5 Å². The van der Waals surface area contributed by atoms with Gasteiger partial charge in [0.1, 0.15) is 5.82 Å². The fourth-order valence-electron chi connectivity index (χ4n) is 3.20. The normalized spacial score (nSPS) is 16.9. The van der Waals surface area contributed by atoms with Crippen LogP contribution in [0.5, 0.6) is 0 Å². The number of carboxylic acid groups (broad SMARTS) is 2. The molecule has 2 unspecified atom stereocenters. The van der Waals surface area contributed by atoms with Crippen LogP contribution in [0.2, 0.25) is 0 Å². The molecular weight excluding hydrogens is 406 g/mol. The van der Waals surface area contributed by atoms with Crippen LogP contribution in [0.3, 0.4) is 0 Å². The molecule has 9 heteroatoms. The summed E-state index contributed by atoms with van der Waals surface area (Å²) in [5.41, 5.74) is 3.39. The lowest BCUT2D eigenvalue weighted by Gasteiger charge is -2.36. The number of aliphatic carboxylic acids is 2. The van der Waals surface area contributed by atoms with Crippen LogP contribution in [0, 0.1) is 6.92 Å². The highest BCUT2D eigenvalue weighted by atomic mass is 32.2. The first kappa shape index (κ1) is 23.5. The van der Waals surface area contributed by atoms with Gasteiger partial charge < -0.3 is 20.1 Å².